The lowest BCUT2D eigenvalue weighted by Crippen LogP contribution is -2.36. The minimum atomic E-state index is -3.67. The number of sulfonamides is 1. The maximum Gasteiger partial charge on any atom is 0.251 e. The summed E-state index contributed by atoms with van der Waals surface area (Å²) in [5.74, 6) is -0.287. The van der Waals surface area contributed by atoms with Crippen molar-refractivity contribution in [3.63, 3.8) is 0 Å². The predicted molar refractivity (Wildman–Crippen MR) is 99.6 cm³/mol. The Morgan fingerprint density at radius 3 is 2.56 bits per heavy atom. The summed E-state index contributed by atoms with van der Waals surface area (Å²) in [6.45, 7) is 2.41. The van der Waals surface area contributed by atoms with Gasteiger partial charge in [0.1, 0.15) is 4.90 Å². The fourth-order valence-electron chi connectivity index (χ4n) is 2.79. The average molecular weight is 388 g/mol. The first-order valence-electron chi connectivity index (χ1n) is 8.55. The highest BCUT2D eigenvalue weighted by molar-refractivity contribution is 7.89. The Kier molecular flexibility index (Phi) is 7.25. The molecule has 1 amide bonds. The minimum Gasteiger partial charge on any atom is -0.352 e. The van der Waals surface area contributed by atoms with Gasteiger partial charge in [-0.2, -0.15) is 4.31 Å². The predicted octanol–water partition coefficient (Wildman–Crippen LogP) is 2.20. The van der Waals surface area contributed by atoms with Crippen LogP contribution < -0.4 is 5.32 Å². The molecule has 0 spiro atoms. The average Bonchev–Trinajstić information content (AvgIpc) is 2.59. The molecule has 2 rings (SSSR count). The van der Waals surface area contributed by atoms with Gasteiger partial charge in [-0.3, -0.25) is 4.79 Å². The first-order valence-corrected chi connectivity index (χ1v) is 10.4. The number of amides is 1. The zero-order valence-electron chi connectivity index (χ0n) is 14.8. The third-order valence-electron chi connectivity index (χ3n) is 4.19. The van der Waals surface area contributed by atoms with Crippen molar-refractivity contribution in [2.24, 2.45) is 0 Å². The quantitative estimate of drug-likeness (QED) is 0.728. The molecule has 0 radical (unpaired) electrons. The van der Waals surface area contributed by atoms with Crippen LogP contribution in [0.15, 0.2) is 23.1 Å². The fourth-order valence-corrected chi connectivity index (χ4v) is 4.80. The van der Waals surface area contributed by atoms with E-state index in [4.69, 9.17) is 11.6 Å². The molecule has 1 fully saturated rings. The molecule has 1 heterocycles. The molecule has 0 unspecified atom stereocenters. The molecule has 140 valence electrons. The molecule has 0 bridgehead atoms. The van der Waals surface area contributed by atoms with E-state index in [2.05, 4.69) is 5.32 Å². The van der Waals surface area contributed by atoms with E-state index in [1.54, 1.807) is 6.07 Å². The van der Waals surface area contributed by atoms with Crippen LogP contribution in [0.2, 0.25) is 5.02 Å². The van der Waals surface area contributed by atoms with Gasteiger partial charge in [-0.15, -0.1) is 0 Å². The summed E-state index contributed by atoms with van der Waals surface area (Å²) in [5.41, 5.74) is 0.310. The van der Waals surface area contributed by atoms with Crippen LogP contribution in [0.1, 0.15) is 36.0 Å². The molecular weight excluding hydrogens is 362 g/mol. The van der Waals surface area contributed by atoms with Gasteiger partial charge < -0.3 is 10.2 Å². The lowest BCUT2D eigenvalue weighted by molar-refractivity contribution is 0.0952. The van der Waals surface area contributed by atoms with E-state index in [0.717, 1.165) is 32.2 Å². The second-order valence-electron chi connectivity index (χ2n) is 6.52. The van der Waals surface area contributed by atoms with E-state index in [0.29, 0.717) is 25.2 Å². The Balaban J connectivity index is 2.12. The van der Waals surface area contributed by atoms with Gasteiger partial charge in [0.15, 0.2) is 0 Å². The molecule has 1 N–H and O–H groups in total. The normalized spacial score (nSPS) is 16.2. The largest absolute Gasteiger partial charge is 0.352 e. The van der Waals surface area contributed by atoms with Crippen molar-refractivity contribution in [3.05, 3.63) is 28.8 Å². The van der Waals surface area contributed by atoms with E-state index in [-0.39, 0.29) is 15.8 Å². The second-order valence-corrected chi connectivity index (χ2v) is 8.84. The highest BCUT2D eigenvalue weighted by Crippen LogP contribution is 2.27. The van der Waals surface area contributed by atoms with Crippen molar-refractivity contribution in [3.8, 4) is 0 Å². The SMILES string of the molecule is CN(C)CCCNC(=O)c1ccc(Cl)c(S(=O)(=O)N2CCCCC2)c1. The first kappa shape index (κ1) is 20.2. The van der Waals surface area contributed by atoms with E-state index < -0.39 is 10.0 Å². The Morgan fingerprint density at radius 1 is 1.24 bits per heavy atom. The number of hydrogen-bond donors (Lipinski definition) is 1. The number of hydrogen-bond acceptors (Lipinski definition) is 4. The molecule has 6 nitrogen and oxygen atoms in total. The summed E-state index contributed by atoms with van der Waals surface area (Å²) in [6, 6.07) is 4.42. The van der Waals surface area contributed by atoms with Gasteiger partial charge in [-0.1, -0.05) is 18.0 Å². The van der Waals surface area contributed by atoms with Crippen molar-refractivity contribution in [1.29, 1.82) is 0 Å². The summed E-state index contributed by atoms with van der Waals surface area (Å²) in [4.78, 5) is 14.3. The van der Waals surface area contributed by atoms with Crippen LogP contribution in [0, 0.1) is 0 Å². The Hall–Kier alpha value is -1.15. The standard InChI is InChI=1S/C17H26ClN3O3S/c1-20(2)10-6-9-19-17(22)14-7-8-15(18)16(13-14)25(23,24)21-11-4-3-5-12-21/h7-8,13H,3-6,9-12H2,1-2H3,(H,19,22). The summed E-state index contributed by atoms with van der Waals surface area (Å²) in [7, 11) is 0.272. The number of halogens is 1. The van der Waals surface area contributed by atoms with Gasteiger partial charge in [-0.05, 0) is 58.1 Å². The Bertz CT molecular complexity index is 701. The molecule has 0 aliphatic carbocycles. The monoisotopic (exact) mass is 387 g/mol. The lowest BCUT2D eigenvalue weighted by atomic mass is 10.2. The fraction of sp³-hybridized carbons (Fsp3) is 0.588. The topological polar surface area (TPSA) is 69.7 Å². The maximum atomic E-state index is 12.8. The van der Waals surface area contributed by atoms with Gasteiger partial charge in [0, 0.05) is 25.2 Å². The van der Waals surface area contributed by atoms with E-state index >= 15 is 0 Å². The molecule has 1 saturated heterocycles. The number of nitrogens with one attached hydrogen (secondary N) is 1. The lowest BCUT2D eigenvalue weighted by Gasteiger charge is -2.26. The zero-order chi connectivity index (χ0) is 18.4. The van der Waals surface area contributed by atoms with E-state index in [9.17, 15) is 13.2 Å². The maximum absolute atomic E-state index is 12.8. The Morgan fingerprint density at radius 2 is 1.92 bits per heavy atom. The summed E-state index contributed by atoms with van der Waals surface area (Å²) >= 11 is 6.12. The number of rotatable bonds is 7. The third kappa shape index (κ3) is 5.41. The number of carbonyl (C=O) groups excluding carboxylic acids is 1. The smallest absolute Gasteiger partial charge is 0.251 e. The zero-order valence-corrected chi connectivity index (χ0v) is 16.4. The van der Waals surface area contributed by atoms with Crippen LogP contribution in [-0.2, 0) is 10.0 Å². The second kappa shape index (κ2) is 8.98. The van der Waals surface area contributed by atoms with Gasteiger partial charge in [0.2, 0.25) is 10.0 Å². The highest BCUT2D eigenvalue weighted by atomic mass is 35.5. The molecule has 8 heteroatoms. The highest BCUT2D eigenvalue weighted by Gasteiger charge is 2.28. The van der Waals surface area contributed by atoms with Gasteiger partial charge in [0.25, 0.3) is 5.91 Å². The van der Waals surface area contributed by atoms with Crippen molar-refractivity contribution < 1.29 is 13.2 Å². The molecular formula is C17H26ClN3O3S. The molecule has 0 aromatic heterocycles. The van der Waals surface area contributed by atoms with Gasteiger partial charge in [-0.25, -0.2) is 8.42 Å². The molecule has 1 aliphatic rings. The summed E-state index contributed by atoms with van der Waals surface area (Å²) in [5, 5.41) is 2.96. The van der Waals surface area contributed by atoms with Crippen molar-refractivity contribution in [2.45, 2.75) is 30.6 Å². The van der Waals surface area contributed by atoms with Gasteiger partial charge >= 0.3 is 0 Å². The van der Waals surface area contributed by atoms with Crippen molar-refractivity contribution in [1.82, 2.24) is 14.5 Å². The molecule has 0 saturated carbocycles. The van der Waals surface area contributed by atoms with Crippen molar-refractivity contribution in [2.75, 3.05) is 40.3 Å². The number of piperidine rings is 1. The number of nitrogens with zero attached hydrogens (tertiary/aromatic N) is 2. The third-order valence-corrected chi connectivity index (χ3v) is 6.57. The van der Waals surface area contributed by atoms with Crippen LogP contribution in [0.3, 0.4) is 0 Å². The molecule has 1 aromatic rings. The first-order chi connectivity index (χ1) is 11.8. The van der Waals surface area contributed by atoms with Gasteiger partial charge in [0.05, 0.1) is 5.02 Å². The van der Waals surface area contributed by atoms with Crippen molar-refractivity contribution >= 4 is 27.5 Å². The minimum absolute atomic E-state index is 0.0111. The summed E-state index contributed by atoms with van der Waals surface area (Å²) < 4.78 is 27.1. The van der Waals surface area contributed by atoms with Crippen LogP contribution in [-0.4, -0.2) is 63.8 Å². The van der Waals surface area contributed by atoms with E-state index in [1.807, 2.05) is 19.0 Å². The van der Waals surface area contributed by atoms with E-state index in [1.165, 1.54) is 16.4 Å². The molecule has 1 aromatic carbocycles. The molecule has 1 aliphatic heterocycles. The van der Waals surface area contributed by atoms with Crippen LogP contribution >= 0.6 is 11.6 Å². The van der Waals surface area contributed by atoms with Crippen LogP contribution in [0.25, 0.3) is 0 Å². The number of carbonyl (C=O) groups is 1. The Labute approximate surface area is 155 Å². The summed E-state index contributed by atoms with van der Waals surface area (Å²) in [6.07, 6.45) is 3.56. The van der Waals surface area contributed by atoms with Crippen LogP contribution in [0.4, 0.5) is 0 Å². The molecule has 0 atom stereocenters. The number of benzene rings is 1. The molecule has 25 heavy (non-hydrogen) atoms. The van der Waals surface area contributed by atoms with Crippen LogP contribution in [0.5, 0.6) is 0 Å².